The van der Waals surface area contributed by atoms with Gasteiger partial charge in [0.1, 0.15) is 4.87 Å². The summed E-state index contributed by atoms with van der Waals surface area (Å²) in [5, 5.41) is 0. The first-order chi connectivity index (χ1) is 5.04. The van der Waals surface area contributed by atoms with Crippen LogP contribution in [0.2, 0.25) is 0 Å². The summed E-state index contributed by atoms with van der Waals surface area (Å²) < 4.78 is 0. The van der Waals surface area contributed by atoms with E-state index in [9.17, 15) is 4.79 Å². The van der Waals surface area contributed by atoms with Crippen molar-refractivity contribution < 1.29 is 4.79 Å². The second-order valence-electron chi connectivity index (χ2n) is 3.84. The normalized spacial score (nSPS) is 31.8. The largest absolute Gasteiger partial charge is 0.298 e. The summed E-state index contributed by atoms with van der Waals surface area (Å²) in [6.07, 6.45) is 3.39. The minimum Gasteiger partial charge on any atom is -0.298 e. The number of ketones is 1. The van der Waals surface area contributed by atoms with Crippen LogP contribution in [0.3, 0.4) is 0 Å². The molecule has 0 N–H and O–H groups in total. The summed E-state index contributed by atoms with van der Waals surface area (Å²) in [5.74, 6) is 0.780. The van der Waals surface area contributed by atoms with Crippen molar-refractivity contribution in [1.82, 2.24) is 0 Å². The Morgan fingerprint density at radius 2 is 2.27 bits per heavy atom. The fourth-order valence-corrected chi connectivity index (χ4v) is 2.29. The van der Waals surface area contributed by atoms with Gasteiger partial charge in [0, 0.05) is 6.42 Å². The molecule has 0 saturated heterocycles. The van der Waals surface area contributed by atoms with Gasteiger partial charge < -0.3 is 0 Å². The zero-order valence-electron chi connectivity index (χ0n) is 7.19. The molecule has 0 amide bonds. The maximum atomic E-state index is 11.3. The minimum absolute atomic E-state index is 0.257. The molecule has 1 saturated carbocycles. The van der Waals surface area contributed by atoms with Gasteiger partial charge in [0.15, 0.2) is 5.78 Å². The van der Waals surface area contributed by atoms with Crippen molar-refractivity contribution in [3.8, 4) is 0 Å². The van der Waals surface area contributed by atoms with E-state index in [1.807, 2.05) is 0 Å². The second-order valence-corrected chi connectivity index (χ2v) is 4.56. The number of rotatable bonds is 2. The molecule has 1 fully saturated rings. The number of carbonyl (C=O) groups is 1. The highest BCUT2D eigenvalue weighted by atomic mass is 35.5. The lowest BCUT2D eigenvalue weighted by molar-refractivity contribution is -0.119. The Balaban J connectivity index is 2.58. The zero-order valence-corrected chi connectivity index (χ0v) is 7.95. The van der Waals surface area contributed by atoms with Crippen LogP contribution < -0.4 is 0 Å². The number of halogens is 1. The molecule has 0 bridgehead atoms. The molecule has 0 aromatic rings. The van der Waals surface area contributed by atoms with Crippen LogP contribution in [0, 0.1) is 5.92 Å². The number of hydrogen-bond acceptors (Lipinski definition) is 1. The monoisotopic (exact) mass is 174 g/mol. The number of carbonyl (C=O) groups excluding carboxylic acids is 1. The standard InChI is InChI=1S/C9H15ClO/c1-7(2)6-9(10)5-3-4-8(9)11/h7H,3-6H2,1-2H3. The Morgan fingerprint density at radius 3 is 2.64 bits per heavy atom. The molecule has 0 spiro atoms. The van der Waals surface area contributed by atoms with E-state index in [4.69, 9.17) is 11.6 Å². The van der Waals surface area contributed by atoms with Crippen molar-refractivity contribution in [1.29, 1.82) is 0 Å². The maximum Gasteiger partial charge on any atom is 0.153 e. The molecule has 1 atom stereocenters. The number of hydrogen-bond donors (Lipinski definition) is 0. The van der Waals surface area contributed by atoms with Crippen LogP contribution >= 0.6 is 11.6 Å². The van der Waals surface area contributed by atoms with Gasteiger partial charge in [-0.25, -0.2) is 0 Å². The Kier molecular flexibility index (Phi) is 2.58. The molecule has 11 heavy (non-hydrogen) atoms. The SMILES string of the molecule is CC(C)CC1(Cl)CCCC1=O. The molecule has 64 valence electrons. The third-order valence-corrected chi connectivity index (χ3v) is 2.76. The Bertz CT molecular complexity index is 165. The van der Waals surface area contributed by atoms with E-state index in [0.29, 0.717) is 12.3 Å². The van der Waals surface area contributed by atoms with E-state index < -0.39 is 4.87 Å². The van der Waals surface area contributed by atoms with Gasteiger partial charge in [0.2, 0.25) is 0 Å². The second kappa shape index (κ2) is 3.14. The molecular weight excluding hydrogens is 160 g/mol. The summed E-state index contributed by atoms with van der Waals surface area (Å²) in [4.78, 5) is 10.8. The summed E-state index contributed by atoms with van der Waals surface area (Å²) in [6, 6.07) is 0. The third kappa shape index (κ3) is 1.96. The van der Waals surface area contributed by atoms with Crippen LogP contribution in [0.4, 0.5) is 0 Å². The van der Waals surface area contributed by atoms with Crippen LogP contribution in [-0.4, -0.2) is 10.7 Å². The fourth-order valence-electron chi connectivity index (χ4n) is 1.76. The highest BCUT2D eigenvalue weighted by molar-refractivity contribution is 6.35. The Morgan fingerprint density at radius 1 is 1.64 bits per heavy atom. The van der Waals surface area contributed by atoms with Crippen molar-refractivity contribution in [3.05, 3.63) is 0 Å². The maximum absolute atomic E-state index is 11.3. The van der Waals surface area contributed by atoms with E-state index in [2.05, 4.69) is 13.8 Å². The van der Waals surface area contributed by atoms with Crippen molar-refractivity contribution in [2.24, 2.45) is 5.92 Å². The molecule has 0 aliphatic heterocycles. The molecule has 2 heteroatoms. The first kappa shape index (κ1) is 9.05. The van der Waals surface area contributed by atoms with Crippen molar-refractivity contribution in [3.63, 3.8) is 0 Å². The average molecular weight is 175 g/mol. The van der Waals surface area contributed by atoms with Gasteiger partial charge in [-0.15, -0.1) is 11.6 Å². The minimum atomic E-state index is -0.492. The predicted molar refractivity (Wildman–Crippen MR) is 46.9 cm³/mol. The van der Waals surface area contributed by atoms with Crippen LogP contribution in [0.15, 0.2) is 0 Å². The summed E-state index contributed by atoms with van der Waals surface area (Å²) in [7, 11) is 0. The van der Waals surface area contributed by atoms with Crippen molar-refractivity contribution in [2.75, 3.05) is 0 Å². The first-order valence-corrected chi connectivity index (χ1v) is 4.64. The van der Waals surface area contributed by atoms with Gasteiger partial charge in [0.25, 0.3) is 0 Å². The van der Waals surface area contributed by atoms with E-state index >= 15 is 0 Å². The zero-order chi connectivity index (χ0) is 8.48. The molecule has 1 aliphatic rings. The van der Waals surface area contributed by atoms with E-state index in [1.54, 1.807) is 0 Å². The van der Waals surface area contributed by atoms with Gasteiger partial charge >= 0.3 is 0 Å². The number of alkyl halides is 1. The van der Waals surface area contributed by atoms with Crippen LogP contribution in [0.5, 0.6) is 0 Å². The van der Waals surface area contributed by atoms with Crippen LogP contribution in [0.1, 0.15) is 39.5 Å². The highest BCUT2D eigenvalue weighted by Gasteiger charge is 2.39. The summed E-state index contributed by atoms with van der Waals surface area (Å²) in [6.45, 7) is 4.21. The van der Waals surface area contributed by atoms with Crippen LogP contribution in [0.25, 0.3) is 0 Å². The molecular formula is C9H15ClO. The predicted octanol–water partition coefficient (Wildman–Crippen LogP) is 2.76. The van der Waals surface area contributed by atoms with Gasteiger partial charge in [-0.1, -0.05) is 13.8 Å². The Labute approximate surface area is 73.1 Å². The lowest BCUT2D eigenvalue weighted by atomic mass is 9.94. The third-order valence-electron chi connectivity index (χ3n) is 2.21. The average Bonchev–Trinajstić information content (AvgIpc) is 2.11. The molecule has 1 unspecified atom stereocenters. The molecule has 1 rings (SSSR count). The topological polar surface area (TPSA) is 17.1 Å². The van der Waals surface area contributed by atoms with E-state index in [0.717, 1.165) is 19.3 Å². The van der Waals surface area contributed by atoms with E-state index in [-0.39, 0.29) is 5.78 Å². The molecule has 1 nitrogen and oxygen atoms in total. The molecule has 0 radical (unpaired) electrons. The van der Waals surface area contributed by atoms with Gasteiger partial charge in [-0.2, -0.15) is 0 Å². The molecule has 0 aromatic carbocycles. The quantitative estimate of drug-likeness (QED) is 0.589. The molecule has 0 heterocycles. The van der Waals surface area contributed by atoms with E-state index in [1.165, 1.54) is 0 Å². The highest BCUT2D eigenvalue weighted by Crippen LogP contribution is 2.37. The first-order valence-electron chi connectivity index (χ1n) is 4.27. The smallest absolute Gasteiger partial charge is 0.153 e. The summed E-state index contributed by atoms with van der Waals surface area (Å²) in [5.41, 5.74) is 0. The Hall–Kier alpha value is -0.0400. The molecule has 0 aromatic heterocycles. The summed E-state index contributed by atoms with van der Waals surface area (Å²) >= 11 is 6.17. The lowest BCUT2D eigenvalue weighted by Gasteiger charge is -2.20. The van der Waals surface area contributed by atoms with Gasteiger partial charge in [-0.3, -0.25) is 4.79 Å². The lowest BCUT2D eigenvalue weighted by Crippen LogP contribution is -2.28. The van der Waals surface area contributed by atoms with Crippen LogP contribution in [-0.2, 0) is 4.79 Å². The molecule has 1 aliphatic carbocycles. The fraction of sp³-hybridized carbons (Fsp3) is 0.889. The number of Topliss-reactive ketones (excluding diaryl/α,β-unsaturated/α-hetero) is 1. The van der Waals surface area contributed by atoms with Gasteiger partial charge in [0.05, 0.1) is 0 Å². The van der Waals surface area contributed by atoms with Crippen molar-refractivity contribution >= 4 is 17.4 Å². The van der Waals surface area contributed by atoms with Gasteiger partial charge in [-0.05, 0) is 25.2 Å². The van der Waals surface area contributed by atoms with Crippen molar-refractivity contribution in [2.45, 2.75) is 44.4 Å².